The van der Waals surface area contributed by atoms with Gasteiger partial charge in [-0.1, -0.05) is 48.5 Å². The Morgan fingerprint density at radius 2 is 1.71 bits per heavy atom. The Hall–Kier alpha value is -4.30. The van der Waals surface area contributed by atoms with Gasteiger partial charge in [0.25, 0.3) is 0 Å². The lowest BCUT2D eigenvalue weighted by molar-refractivity contribution is -0.137. The van der Waals surface area contributed by atoms with Crippen LogP contribution in [0.25, 0.3) is 0 Å². The molecule has 180 valence electrons. The molecule has 0 radical (unpaired) electrons. The molecule has 3 aromatic carbocycles. The summed E-state index contributed by atoms with van der Waals surface area (Å²) in [6.45, 7) is 2.15. The van der Waals surface area contributed by atoms with Crippen molar-refractivity contribution < 1.29 is 29.6 Å². The molecule has 8 heteroatoms. The number of carboxylic acid groups (broad SMARTS) is 2. The number of anilines is 1. The molecule has 3 N–H and O–H groups in total. The van der Waals surface area contributed by atoms with Crippen molar-refractivity contribution >= 4 is 17.6 Å². The molecule has 1 atom stereocenters. The quantitative estimate of drug-likeness (QED) is 0.468. The smallest absolute Gasteiger partial charge is 0.353 e. The Morgan fingerprint density at radius 1 is 0.971 bits per heavy atom. The van der Waals surface area contributed by atoms with Gasteiger partial charge in [-0.2, -0.15) is 0 Å². The molecule has 1 aliphatic heterocycles. The number of carboxylic acids is 2. The molecule has 4 rings (SSSR count). The summed E-state index contributed by atoms with van der Waals surface area (Å²) in [7, 11) is 1.44. The molecule has 0 aliphatic carbocycles. The number of hydrogen-bond donors (Lipinski definition) is 3. The fraction of sp³-hybridized carbons (Fsp3) is 0.185. The molecular formula is C27H26N2O6. The van der Waals surface area contributed by atoms with Gasteiger partial charge in [0.05, 0.1) is 12.7 Å². The standard InChI is InChI=1S/C27H26N2O6/c1-17-7-6-10-20(13-17)29-24(27(33)34)21(26(31)32)16-28(15-18-8-4-3-5-9-18)25(29)19-11-12-22(30)23(14-19)35-2/h3-14,25,30H,15-16H2,1-2H3,(H,31,32)(H,33,34). The van der Waals surface area contributed by atoms with E-state index in [2.05, 4.69) is 0 Å². The van der Waals surface area contributed by atoms with E-state index in [1.165, 1.54) is 18.1 Å². The molecule has 1 heterocycles. The summed E-state index contributed by atoms with van der Waals surface area (Å²) in [5.41, 5.74) is 2.50. The third-order valence-corrected chi connectivity index (χ3v) is 5.95. The summed E-state index contributed by atoms with van der Waals surface area (Å²) in [5.74, 6) is -2.45. The van der Waals surface area contributed by atoms with Gasteiger partial charge in [0.2, 0.25) is 0 Å². The Kier molecular flexibility index (Phi) is 6.75. The van der Waals surface area contributed by atoms with E-state index in [0.717, 1.165) is 11.1 Å². The molecule has 0 aromatic heterocycles. The fourth-order valence-electron chi connectivity index (χ4n) is 4.42. The zero-order valence-electron chi connectivity index (χ0n) is 19.4. The van der Waals surface area contributed by atoms with Crippen LogP contribution in [0.15, 0.2) is 84.1 Å². The molecule has 35 heavy (non-hydrogen) atoms. The van der Waals surface area contributed by atoms with E-state index >= 15 is 0 Å². The molecule has 0 amide bonds. The van der Waals surface area contributed by atoms with Crippen LogP contribution in [0, 0.1) is 6.92 Å². The first-order valence-corrected chi connectivity index (χ1v) is 11.0. The molecule has 0 saturated carbocycles. The number of ether oxygens (including phenoxy) is 1. The highest BCUT2D eigenvalue weighted by molar-refractivity contribution is 6.02. The maximum Gasteiger partial charge on any atom is 0.353 e. The molecule has 8 nitrogen and oxygen atoms in total. The average molecular weight is 475 g/mol. The largest absolute Gasteiger partial charge is 0.504 e. The van der Waals surface area contributed by atoms with Gasteiger partial charge in [0.15, 0.2) is 11.5 Å². The van der Waals surface area contributed by atoms with Gasteiger partial charge < -0.3 is 25.0 Å². The van der Waals surface area contributed by atoms with E-state index < -0.39 is 18.1 Å². The highest BCUT2D eigenvalue weighted by Gasteiger charge is 2.41. The van der Waals surface area contributed by atoms with Crippen molar-refractivity contribution in [3.8, 4) is 11.5 Å². The van der Waals surface area contributed by atoms with Gasteiger partial charge >= 0.3 is 11.9 Å². The average Bonchev–Trinajstić information content (AvgIpc) is 2.84. The van der Waals surface area contributed by atoms with Crippen LogP contribution in [-0.4, -0.2) is 45.8 Å². The SMILES string of the molecule is COc1cc(C2N(Cc3ccccc3)CC(C(=O)O)=C(C(=O)O)N2c2cccc(C)c2)ccc1O. The maximum absolute atomic E-state index is 12.5. The zero-order valence-corrected chi connectivity index (χ0v) is 19.4. The van der Waals surface area contributed by atoms with Crippen LogP contribution in [0.3, 0.4) is 0 Å². The van der Waals surface area contributed by atoms with E-state index in [4.69, 9.17) is 4.74 Å². The Balaban J connectivity index is 1.99. The van der Waals surface area contributed by atoms with E-state index in [-0.39, 0.29) is 29.3 Å². The number of phenols is 1. The molecule has 1 unspecified atom stereocenters. The van der Waals surface area contributed by atoms with Gasteiger partial charge in [0.1, 0.15) is 11.9 Å². The third kappa shape index (κ3) is 4.83. The first-order chi connectivity index (χ1) is 16.8. The Bertz CT molecular complexity index is 1290. The van der Waals surface area contributed by atoms with Crippen molar-refractivity contribution in [1.29, 1.82) is 0 Å². The lowest BCUT2D eigenvalue weighted by Crippen LogP contribution is -2.49. The number of aromatic hydroxyl groups is 1. The van der Waals surface area contributed by atoms with Gasteiger partial charge in [-0.15, -0.1) is 0 Å². The number of phenolic OH excluding ortho intramolecular Hbond substituents is 1. The lowest BCUT2D eigenvalue weighted by Gasteiger charge is -2.45. The molecule has 1 aliphatic rings. The number of hydrogen-bond acceptors (Lipinski definition) is 6. The maximum atomic E-state index is 12.5. The van der Waals surface area contributed by atoms with E-state index in [0.29, 0.717) is 17.8 Å². The third-order valence-electron chi connectivity index (χ3n) is 5.95. The molecule has 3 aromatic rings. The monoisotopic (exact) mass is 474 g/mol. The van der Waals surface area contributed by atoms with Crippen LogP contribution in [0.4, 0.5) is 5.69 Å². The molecular weight excluding hydrogens is 448 g/mol. The topological polar surface area (TPSA) is 111 Å². The second-order valence-corrected chi connectivity index (χ2v) is 8.34. The molecule has 0 spiro atoms. The number of nitrogens with zero attached hydrogens (tertiary/aromatic N) is 2. The second-order valence-electron chi connectivity index (χ2n) is 8.34. The summed E-state index contributed by atoms with van der Waals surface area (Å²) in [5, 5.41) is 30.4. The van der Waals surface area contributed by atoms with Gasteiger partial charge in [-0.05, 0) is 47.9 Å². The summed E-state index contributed by atoms with van der Waals surface area (Å²) in [6.07, 6.45) is -0.694. The van der Waals surface area contributed by atoms with Crippen LogP contribution in [0.5, 0.6) is 11.5 Å². The highest BCUT2D eigenvalue weighted by Crippen LogP contribution is 2.42. The number of aryl methyl sites for hydroxylation is 1. The molecule has 0 saturated heterocycles. The minimum Gasteiger partial charge on any atom is -0.504 e. The number of benzene rings is 3. The van der Waals surface area contributed by atoms with Crippen molar-refractivity contribution in [2.75, 3.05) is 18.6 Å². The van der Waals surface area contributed by atoms with Crippen LogP contribution in [0.1, 0.15) is 22.9 Å². The fourth-order valence-corrected chi connectivity index (χ4v) is 4.42. The highest BCUT2D eigenvalue weighted by atomic mass is 16.5. The lowest BCUT2D eigenvalue weighted by atomic mass is 9.99. The normalized spacial score (nSPS) is 16.3. The Labute approximate surface area is 202 Å². The Morgan fingerprint density at radius 3 is 2.34 bits per heavy atom. The van der Waals surface area contributed by atoms with Crippen LogP contribution in [-0.2, 0) is 16.1 Å². The first-order valence-electron chi connectivity index (χ1n) is 11.0. The zero-order chi connectivity index (χ0) is 25.1. The van der Waals surface area contributed by atoms with Crippen molar-refractivity contribution in [3.63, 3.8) is 0 Å². The van der Waals surface area contributed by atoms with E-state index in [1.54, 1.807) is 24.3 Å². The number of carbonyl (C=O) groups is 2. The summed E-state index contributed by atoms with van der Waals surface area (Å²) >= 11 is 0. The van der Waals surface area contributed by atoms with Crippen molar-refractivity contribution in [1.82, 2.24) is 4.90 Å². The summed E-state index contributed by atoms with van der Waals surface area (Å²) in [4.78, 5) is 28.2. The number of methoxy groups -OCH3 is 1. The first kappa shape index (κ1) is 23.8. The summed E-state index contributed by atoms with van der Waals surface area (Å²) < 4.78 is 5.31. The van der Waals surface area contributed by atoms with Crippen molar-refractivity contribution in [2.24, 2.45) is 0 Å². The van der Waals surface area contributed by atoms with Gasteiger partial charge in [0, 0.05) is 18.8 Å². The van der Waals surface area contributed by atoms with Gasteiger partial charge in [-0.3, -0.25) is 4.90 Å². The minimum atomic E-state index is -1.33. The minimum absolute atomic E-state index is 0.0519. The molecule has 0 fully saturated rings. The van der Waals surface area contributed by atoms with Gasteiger partial charge in [-0.25, -0.2) is 9.59 Å². The number of aliphatic carboxylic acids is 2. The predicted octanol–water partition coefficient (Wildman–Crippen LogP) is 4.15. The van der Waals surface area contributed by atoms with Crippen molar-refractivity contribution in [3.05, 3.63) is 101 Å². The second kappa shape index (κ2) is 9.90. The van der Waals surface area contributed by atoms with E-state index in [1.807, 2.05) is 54.3 Å². The predicted molar refractivity (Wildman–Crippen MR) is 130 cm³/mol. The molecule has 0 bridgehead atoms. The summed E-state index contributed by atoms with van der Waals surface area (Å²) in [6, 6.07) is 21.6. The number of rotatable bonds is 7. The van der Waals surface area contributed by atoms with Crippen molar-refractivity contribution in [2.45, 2.75) is 19.6 Å². The van der Waals surface area contributed by atoms with Crippen LogP contribution >= 0.6 is 0 Å². The van der Waals surface area contributed by atoms with E-state index in [9.17, 15) is 24.9 Å². The van der Waals surface area contributed by atoms with Crippen LogP contribution in [0.2, 0.25) is 0 Å². The van der Waals surface area contributed by atoms with Crippen LogP contribution < -0.4 is 9.64 Å².